The minimum Gasteiger partial charge on any atom is -0.497 e. The standard InChI is InChI=1S/C11H15N7O.HI/c1-18-16-10(15-17-18)7-13-11(12)14-8-3-5-9(19-2)6-4-8;/h3-6H,7H2,1-2H3,(H3,12,13,14);1H. The number of tetrazole rings is 1. The summed E-state index contributed by atoms with van der Waals surface area (Å²) < 4.78 is 5.07. The maximum atomic E-state index is 5.76. The van der Waals surface area contributed by atoms with Gasteiger partial charge >= 0.3 is 0 Å². The Morgan fingerprint density at radius 3 is 2.65 bits per heavy atom. The van der Waals surface area contributed by atoms with Crippen LogP contribution in [0, 0.1) is 0 Å². The number of hydrogen-bond acceptors (Lipinski definition) is 5. The van der Waals surface area contributed by atoms with Crippen molar-refractivity contribution in [1.29, 1.82) is 0 Å². The van der Waals surface area contributed by atoms with Gasteiger partial charge in [0.1, 0.15) is 12.3 Å². The average molecular weight is 389 g/mol. The van der Waals surface area contributed by atoms with Gasteiger partial charge in [0, 0.05) is 5.69 Å². The van der Waals surface area contributed by atoms with Crippen molar-refractivity contribution in [2.45, 2.75) is 6.54 Å². The number of nitrogens with one attached hydrogen (secondary N) is 1. The highest BCUT2D eigenvalue weighted by molar-refractivity contribution is 14.0. The monoisotopic (exact) mass is 389 g/mol. The molecule has 0 aliphatic carbocycles. The molecule has 0 unspecified atom stereocenters. The van der Waals surface area contributed by atoms with Crippen molar-refractivity contribution in [1.82, 2.24) is 20.2 Å². The molecule has 108 valence electrons. The summed E-state index contributed by atoms with van der Waals surface area (Å²) in [5.74, 6) is 1.59. The molecule has 0 aliphatic rings. The van der Waals surface area contributed by atoms with Crippen LogP contribution in [-0.2, 0) is 13.6 Å². The van der Waals surface area contributed by atoms with Crippen LogP contribution in [0.5, 0.6) is 5.75 Å². The number of anilines is 1. The van der Waals surface area contributed by atoms with Crippen LogP contribution >= 0.6 is 24.0 Å². The van der Waals surface area contributed by atoms with E-state index in [0.717, 1.165) is 11.4 Å². The second kappa shape index (κ2) is 7.62. The number of aliphatic imine (C=N–C) groups is 1. The van der Waals surface area contributed by atoms with Gasteiger partial charge in [-0.15, -0.1) is 34.2 Å². The van der Waals surface area contributed by atoms with E-state index in [4.69, 9.17) is 10.5 Å². The lowest BCUT2D eigenvalue weighted by molar-refractivity contribution is 0.415. The second-order valence-electron chi connectivity index (χ2n) is 3.75. The summed E-state index contributed by atoms with van der Waals surface area (Å²) in [7, 11) is 3.31. The topological polar surface area (TPSA) is 103 Å². The van der Waals surface area contributed by atoms with Crippen LogP contribution < -0.4 is 15.8 Å². The summed E-state index contributed by atoms with van der Waals surface area (Å²) in [6.07, 6.45) is 0. The first kappa shape index (κ1) is 16.1. The molecule has 0 bridgehead atoms. The minimum absolute atomic E-state index is 0. The van der Waals surface area contributed by atoms with Crippen molar-refractivity contribution in [3.63, 3.8) is 0 Å². The molecular formula is C11H16IN7O. The number of guanidine groups is 1. The van der Waals surface area contributed by atoms with E-state index >= 15 is 0 Å². The van der Waals surface area contributed by atoms with Gasteiger partial charge in [0.15, 0.2) is 11.8 Å². The molecule has 3 N–H and O–H groups in total. The first-order valence-electron chi connectivity index (χ1n) is 5.61. The predicted octanol–water partition coefficient (Wildman–Crippen LogP) is 0.763. The number of aryl methyl sites for hydroxylation is 1. The van der Waals surface area contributed by atoms with Gasteiger partial charge in [0.05, 0.1) is 14.2 Å². The molecule has 0 amide bonds. The number of benzene rings is 1. The summed E-state index contributed by atoms with van der Waals surface area (Å²) in [5.41, 5.74) is 6.58. The lowest BCUT2D eigenvalue weighted by atomic mass is 10.3. The molecule has 20 heavy (non-hydrogen) atoms. The highest BCUT2D eigenvalue weighted by Crippen LogP contribution is 2.14. The van der Waals surface area contributed by atoms with E-state index < -0.39 is 0 Å². The summed E-state index contributed by atoms with van der Waals surface area (Å²) in [5, 5.41) is 14.5. The maximum absolute atomic E-state index is 5.76. The number of halogens is 1. The molecule has 2 rings (SSSR count). The molecule has 0 fully saturated rings. The molecule has 9 heteroatoms. The van der Waals surface area contributed by atoms with Crippen molar-refractivity contribution in [3.05, 3.63) is 30.1 Å². The molecule has 0 saturated carbocycles. The zero-order valence-corrected chi connectivity index (χ0v) is 13.5. The lowest BCUT2D eigenvalue weighted by Crippen LogP contribution is -2.22. The first-order valence-corrected chi connectivity index (χ1v) is 5.61. The smallest absolute Gasteiger partial charge is 0.196 e. The Morgan fingerprint density at radius 1 is 1.40 bits per heavy atom. The van der Waals surface area contributed by atoms with Crippen LogP contribution in [0.1, 0.15) is 5.82 Å². The van der Waals surface area contributed by atoms with Crippen molar-refractivity contribution in [2.75, 3.05) is 12.4 Å². The number of methoxy groups -OCH3 is 1. The Balaban J connectivity index is 0.00000200. The van der Waals surface area contributed by atoms with Gasteiger partial charge in [0.25, 0.3) is 0 Å². The van der Waals surface area contributed by atoms with Crippen LogP contribution in [0.2, 0.25) is 0 Å². The Kier molecular flexibility index (Phi) is 6.15. The van der Waals surface area contributed by atoms with Gasteiger partial charge in [0.2, 0.25) is 0 Å². The molecule has 1 aromatic heterocycles. The third kappa shape index (κ3) is 4.64. The Hall–Kier alpha value is -1.91. The summed E-state index contributed by atoms with van der Waals surface area (Å²) >= 11 is 0. The van der Waals surface area contributed by atoms with E-state index in [1.54, 1.807) is 14.2 Å². The molecule has 1 aromatic carbocycles. The largest absolute Gasteiger partial charge is 0.497 e. The minimum atomic E-state index is 0. The van der Waals surface area contributed by atoms with Crippen molar-refractivity contribution in [3.8, 4) is 5.75 Å². The van der Waals surface area contributed by atoms with Gasteiger partial charge < -0.3 is 15.8 Å². The molecule has 0 spiro atoms. The van der Waals surface area contributed by atoms with E-state index in [9.17, 15) is 0 Å². The fourth-order valence-corrected chi connectivity index (χ4v) is 1.40. The quantitative estimate of drug-likeness (QED) is 0.455. The highest BCUT2D eigenvalue weighted by atomic mass is 127. The van der Waals surface area contributed by atoms with Crippen molar-refractivity contribution < 1.29 is 4.74 Å². The fraction of sp³-hybridized carbons (Fsp3) is 0.273. The SMILES string of the molecule is COc1ccc(NC(N)=NCc2nnn(C)n2)cc1.I. The normalized spacial score (nSPS) is 10.8. The molecule has 0 atom stereocenters. The van der Waals surface area contributed by atoms with Gasteiger partial charge in [-0.3, -0.25) is 0 Å². The Morgan fingerprint density at radius 2 is 2.10 bits per heavy atom. The number of ether oxygens (including phenoxy) is 1. The van der Waals surface area contributed by atoms with Crippen LogP contribution in [0.3, 0.4) is 0 Å². The summed E-state index contributed by atoms with van der Waals surface area (Å²) in [6, 6.07) is 7.36. The van der Waals surface area contributed by atoms with E-state index in [-0.39, 0.29) is 36.5 Å². The lowest BCUT2D eigenvalue weighted by Gasteiger charge is -2.06. The predicted molar refractivity (Wildman–Crippen MR) is 86.2 cm³/mol. The molecule has 2 aromatic rings. The van der Waals surface area contributed by atoms with Crippen LogP contribution in [0.4, 0.5) is 5.69 Å². The van der Waals surface area contributed by atoms with Crippen LogP contribution in [-0.4, -0.2) is 33.3 Å². The van der Waals surface area contributed by atoms with Crippen molar-refractivity contribution in [2.24, 2.45) is 17.8 Å². The van der Waals surface area contributed by atoms with E-state index in [2.05, 4.69) is 25.7 Å². The van der Waals surface area contributed by atoms with Gasteiger partial charge in [-0.25, -0.2) is 4.99 Å². The van der Waals surface area contributed by atoms with Gasteiger partial charge in [-0.05, 0) is 29.5 Å². The van der Waals surface area contributed by atoms with E-state index in [1.807, 2.05) is 24.3 Å². The highest BCUT2D eigenvalue weighted by Gasteiger charge is 2.00. The van der Waals surface area contributed by atoms with E-state index in [1.165, 1.54) is 4.80 Å². The zero-order valence-electron chi connectivity index (χ0n) is 11.1. The molecule has 0 radical (unpaired) electrons. The van der Waals surface area contributed by atoms with Crippen LogP contribution in [0.15, 0.2) is 29.3 Å². The first-order chi connectivity index (χ1) is 9.17. The number of rotatable bonds is 4. The number of hydrogen-bond donors (Lipinski definition) is 2. The molecule has 0 aliphatic heterocycles. The van der Waals surface area contributed by atoms with Crippen LogP contribution in [0.25, 0.3) is 0 Å². The average Bonchev–Trinajstić information content (AvgIpc) is 2.83. The summed E-state index contributed by atoms with van der Waals surface area (Å²) in [6.45, 7) is 0.281. The molecule has 8 nitrogen and oxygen atoms in total. The number of nitrogens with two attached hydrogens (primary N) is 1. The Bertz CT molecular complexity index is 566. The second-order valence-corrected chi connectivity index (χ2v) is 3.75. The fourth-order valence-electron chi connectivity index (χ4n) is 1.40. The Labute approximate surface area is 133 Å². The summed E-state index contributed by atoms with van der Waals surface area (Å²) in [4.78, 5) is 5.49. The van der Waals surface area contributed by atoms with Crippen molar-refractivity contribution >= 4 is 35.6 Å². The third-order valence-electron chi connectivity index (χ3n) is 2.30. The van der Waals surface area contributed by atoms with E-state index in [0.29, 0.717) is 5.82 Å². The number of nitrogens with zero attached hydrogens (tertiary/aromatic N) is 5. The maximum Gasteiger partial charge on any atom is 0.196 e. The molecular weight excluding hydrogens is 373 g/mol. The molecule has 1 heterocycles. The van der Waals surface area contributed by atoms with Gasteiger partial charge in [-0.2, -0.15) is 4.80 Å². The molecule has 0 saturated heterocycles. The third-order valence-corrected chi connectivity index (χ3v) is 2.30. The zero-order chi connectivity index (χ0) is 13.7. The van der Waals surface area contributed by atoms with Gasteiger partial charge in [-0.1, -0.05) is 0 Å². The number of aromatic nitrogens is 4.